The molecule has 0 aromatic heterocycles. The van der Waals surface area contributed by atoms with E-state index in [4.69, 9.17) is 11.6 Å². The molecule has 2 aliphatic rings. The number of hydrogen-bond acceptors (Lipinski definition) is 3. The van der Waals surface area contributed by atoms with E-state index in [1.54, 1.807) is 0 Å². The lowest BCUT2D eigenvalue weighted by Gasteiger charge is -2.36. The van der Waals surface area contributed by atoms with Crippen molar-refractivity contribution >= 4 is 35.8 Å². The van der Waals surface area contributed by atoms with Crippen molar-refractivity contribution in [2.45, 2.75) is 36.3 Å². The number of piperidine rings is 1. The Morgan fingerprint density at radius 1 is 1.27 bits per heavy atom. The summed E-state index contributed by atoms with van der Waals surface area (Å²) in [5.74, 6) is 0. The van der Waals surface area contributed by atoms with Crippen molar-refractivity contribution in [2.24, 2.45) is 5.41 Å². The molecule has 0 radical (unpaired) electrons. The molecule has 0 bridgehead atoms. The maximum atomic E-state index is 5.95. The van der Waals surface area contributed by atoms with Gasteiger partial charge in [0.2, 0.25) is 0 Å². The van der Waals surface area contributed by atoms with Gasteiger partial charge in [0.25, 0.3) is 0 Å². The Balaban J connectivity index is 0.00000176. The summed E-state index contributed by atoms with van der Waals surface area (Å²) in [7, 11) is 0. The number of halogens is 2. The van der Waals surface area contributed by atoms with Crippen molar-refractivity contribution in [3.63, 3.8) is 0 Å². The van der Waals surface area contributed by atoms with Crippen molar-refractivity contribution in [3.8, 4) is 0 Å². The van der Waals surface area contributed by atoms with Gasteiger partial charge in [0.1, 0.15) is 0 Å². The third-order valence-electron chi connectivity index (χ3n) is 4.71. The zero-order valence-corrected chi connectivity index (χ0v) is 15.6. The average Bonchev–Trinajstić information content (AvgIpc) is 2.90. The van der Waals surface area contributed by atoms with E-state index < -0.39 is 0 Å². The minimum atomic E-state index is 0. The SMILES string of the molecule is CC1(CN2CCC(Sc3ccc(Cl)cc3)CC2)CCNC1.Cl. The molecule has 2 nitrogen and oxygen atoms in total. The van der Waals surface area contributed by atoms with E-state index in [0.717, 1.165) is 10.3 Å². The van der Waals surface area contributed by atoms with E-state index in [9.17, 15) is 0 Å². The van der Waals surface area contributed by atoms with Crippen LogP contribution in [0.4, 0.5) is 0 Å². The fourth-order valence-electron chi connectivity index (χ4n) is 3.43. The number of thioether (sulfide) groups is 1. The van der Waals surface area contributed by atoms with Crippen molar-refractivity contribution in [1.82, 2.24) is 10.2 Å². The number of nitrogens with one attached hydrogen (secondary N) is 1. The minimum Gasteiger partial charge on any atom is -0.316 e. The van der Waals surface area contributed by atoms with Crippen LogP contribution in [0.25, 0.3) is 0 Å². The lowest BCUT2D eigenvalue weighted by molar-refractivity contribution is 0.155. The molecule has 1 atom stereocenters. The molecular weight excluding hydrogens is 335 g/mol. The van der Waals surface area contributed by atoms with Gasteiger partial charge in [0, 0.05) is 28.3 Å². The first-order chi connectivity index (χ1) is 10.1. The van der Waals surface area contributed by atoms with E-state index in [1.165, 1.54) is 56.9 Å². The Morgan fingerprint density at radius 3 is 2.55 bits per heavy atom. The quantitative estimate of drug-likeness (QED) is 0.860. The van der Waals surface area contributed by atoms with Crippen LogP contribution in [0, 0.1) is 5.41 Å². The van der Waals surface area contributed by atoms with Crippen molar-refractivity contribution < 1.29 is 0 Å². The Labute approximate surface area is 149 Å². The zero-order chi connectivity index (χ0) is 14.7. The van der Waals surface area contributed by atoms with Gasteiger partial charge in [-0.3, -0.25) is 0 Å². The van der Waals surface area contributed by atoms with Crippen LogP contribution in [-0.4, -0.2) is 42.9 Å². The molecule has 0 aliphatic carbocycles. The molecule has 2 saturated heterocycles. The molecule has 0 amide bonds. The first kappa shape index (κ1) is 18.4. The molecular formula is C17H26Cl2N2S. The van der Waals surface area contributed by atoms with Crippen LogP contribution in [0.3, 0.4) is 0 Å². The second kappa shape index (κ2) is 8.25. The molecule has 0 spiro atoms. The van der Waals surface area contributed by atoms with Crippen LogP contribution in [0.5, 0.6) is 0 Å². The summed E-state index contributed by atoms with van der Waals surface area (Å²) in [5, 5.41) is 5.09. The minimum absolute atomic E-state index is 0. The Morgan fingerprint density at radius 2 is 1.95 bits per heavy atom. The summed E-state index contributed by atoms with van der Waals surface area (Å²) in [4.78, 5) is 4.02. The third kappa shape index (κ3) is 5.04. The van der Waals surface area contributed by atoms with Gasteiger partial charge in [-0.15, -0.1) is 24.2 Å². The molecule has 1 unspecified atom stereocenters. The summed E-state index contributed by atoms with van der Waals surface area (Å²) in [6.07, 6.45) is 3.93. The Bertz CT molecular complexity index is 452. The van der Waals surface area contributed by atoms with Gasteiger partial charge in [-0.25, -0.2) is 0 Å². The van der Waals surface area contributed by atoms with Crippen molar-refractivity contribution in [1.29, 1.82) is 0 Å². The molecule has 1 aromatic rings. The van der Waals surface area contributed by atoms with Crippen LogP contribution in [0.1, 0.15) is 26.2 Å². The first-order valence-electron chi connectivity index (χ1n) is 7.98. The van der Waals surface area contributed by atoms with Gasteiger partial charge in [-0.1, -0.05) is 18.5 Å². The lowest BCUT2D eigenvalue weighted by Crippen LogP contribution is -2.42. The molecule has 2 heterocycles. The van der Waals surface area contributed by atoms with Crippen molar-refractivity contribution in [2.75, 3.05) is 32.7 Å². The van der Waals surface area contributed by atoms with Gasteiger partial charge < -0.3 is 10.2 Å². The fraction of sp³-hybridized carbons (Fsp3) is 0.647. The predicted molar refractivity (Wildman–Crippen MR) is 99.6 cm³/mol. The van der Waals surface area contributed by atoms with Gasteiger partial charge in [0.15, 0.2) is 0 Å². The highest BCUT2D eigenvalue weighted by Crippen LogP contribution is 2.33. The number of benzene rings is 1. The van der Waals surface area contributed by atoms with Crippen molar-refractivity contribution in [3.05, 3.63) is 29.3 Å². The van der Waals surface area contributed by atoms with E-state index in [-0.39, 0.29) is 12.4 Å². The van der Waals surface area contributed by atoms with Crippen LogP contribution < -0.4 is 5.32 Å². The molecule has 0 saturated carbocycles. The normalized spacial score (nSPS) is 26.8. The van der Waals surface area contributed by atoms with Gasteiger partial charge in [0.05, 0.1) is 0 Å². The monoisotopic (exact) mass is 360 g/mol. The summed E-state index contributed by atoms with van der Waals surface area (Å²) in [5.41, 5.74) is 0.496. The highest BCUT2D eigenvalue weighted by atomic mass is 35.5. The topological polar surface area (TPSA) is 15.3 Å². The van der Waals surface area contributed by atoms with E-state index in [2.05, 4.69) is 29.3 Å². The summed E-state index contributed by atoms with van der Waals surface area (Å²) in [6, 6.07) is 8.27. The molecule has 124 valence electrons. The lowest BCUT2D eigenvalue weighted by atomic mass is 9.88. The van der Waals surface area contributed by atoms with Gasteiger partial charge >= 0.3 is 0 Å². The molecule has 22 heavy (non-hydrogen) atoms. The molecule has 2 aliphatic heterocycles. The molecule has 5 heteroatoms. The predicted octanol–water partition coefficient (Wildman–Crippen LogP) is 4.32. The van der Waals surface area contributed by atoms with E-state index in [0.29, 0.717) is 5.41 Å². The maximum absolute atomic E-state index is 5.95. The summed E-state index contributed by atoms with van der Waals surface area (Å²) < 4.78 is 0. The Kier molecular flexibility index (Phi) is 6.91. The fourth-order valence-corrected chi connectivity index (χ4v) is 4.68. The standard InChI is InChI=1S/C17H25ClN2S.ClH/c1-17(8-9-19-12-17)13-20-10-6-16(7-11-20)21-15-4-2-14(18)3-5-15;/h2-5,16,19H,6-13H2,1H3;1H. The average molecular weight is 361 g/mol. The third-order valence-corrected chi connectivity index (χ3v) is 6.31. The van der Waals surface area contributed by atoms with Gasteiger partial charge in [-0.05, 0) is 68.6 Å². The highest BCUT2D eigenvalue weighted by molar-refractivity contribution is 8.00. The molecule has 1 N–H and O–H groups in total. The largest absolute Gasteiger partial charge is 0.316 e. The summed E-state index contributed by atoms with van der Waals surface area (Å²) in [6.45, 7) is 8.58. The first-order valence-corrected chi connectivity index (χ1v) is 9.24. The number of likely N-dealkylation sites (tertiary alicyclic amines) is 1. The van der Waals surface area contributed by atoms with E-state index >= 15 is 0 Å². The van der Waals surface area contributed by atoms with E-state index in [1.807, 2.05) is 23.9 Å². The number of nitrogens with zero attached hydrogens (tertiary/aromatic N) is 1. The molecule has 3 rings (SSSR count). The second-order valence-corrected chi connectivity index (χ2v) is 8.59. The van der Waals surface area contributed by atoms with Crippen LogP contribution in [0.2, 0.25) is 5.02 Å². The smallest absolute Gasteiger partial charge is 0.0406 e. The zero-order valence-electron chi connectivity index (χ0n) is 13.2. The van der Waals surface area contributed by atoms with Gasteiger partial charge in [-0.2, -0.15) is 0 Å². The number of hydrogen-bond donors (Lipinski definition) is 1. The number of rotatable bonds is 4. The highest BCUT2D eigenvalue weighted by Gasteiger charge is 2.32. The Hall–Kier alpha value is 0.0700. The van der Waals surface area contributed by atoms with Crippen LogP contribution in [0.15, 0.2) is 29.2 Å². The second-order valence-electron chi connectivity index (χ2n) is 6.78. The molecule has 1 aromatic carbocycles. The van der Waals surface area contributed by atoms with Crippen LogP contribution in [-0.2, 0) is 0 Å². The molecule has 2 fully saturated rings. The summed E-state index contributed by atoms with van der Waals surface area (Å²) >= 11 is 7.97. The van der Waals surface area contributed by atoms with Crippen LogP contribution >= 0.6 is 35.8 Å². The maximum Gasteiger partial charge on any atom is 0.0406 e.